The number of hydrogen-bond acceptors (Lipinski definition) is 2. The van der Waals surface area contributed by atoms with Crippen molar-refractivity contribution in [3.8, 4) is 0 Å². The third-order valence-electron chi connectivity index (χ3n) is 5.22. The molecule has 100 valence electrons. The van der Waals surface area contributed by atoms with E-state index in [1.807, 2.05) is 11.3 Å². The van der Waals surface area contributed by atoms with Crippen LogP contribution in [-0.2, 0) is 0 Å². The second-order valence-corrected chi connectivity index (χ2v) is 7.16. The van der Waals surface area contributed by atoms with Crippen LogP contribution in [0.25, 0.3) is 10.1 Å². The van der Waals surface area contributed by atoms with Gasteiger partial charge in [0.2, 0.25) is 0 Å². The van der Waals surface area contributed by atoms with Crippen molar-refractivity contribution in [3.63, 3.8) is 0 Å². The first kappa shape index (κ1) is 11.9. The van der Waals surface area contributed by atoms with Crippen molar-refractivity contribution in [1.82, 2.24) is 5.32 Å². The molecule has 0 radical (unpaired) electrons. The Kier molecular flexibility index (Phi) is 3.08. The van der Waals surface area contributed by atoms with Crippen LogP contribution in [0.5, 0.6) is 0 Å². The van der Waals surface area contributed by atoms with E-state index in [-0.39, 0.29) is 0 Å². The maximum absolute atomic E-state index is 3.57. The van der Waals surface area contributed by atoms with Crippen molar-refractivity contribution >= 4 is 21.4 Å². The van der Waals surface area contributed by atoms with E-state index in [4.69, 9.17) is 0 Å². The number of thiophene rings is 1. The Labute approximate surface area is 119 Å². The highest BCUT2D eigenvalue weighted by Crippen LogP contribution is 2.41. The second-order valence-electron chi connectivity index (χ2n) is 6.21. The fourth-order valence-corrected chi connectivity index (χ4v) is 4.94. The molecule has 0 spiro atoms. The van der Waals surface area contributed by atoms with Crippen LogP contribution in [0.15, 0.2) is 29.6 Å². The molecular formula is C17H21NS. The predicted molar refractivity (Wildman–Crippen MR) is 82.9 cm³/mol. The van der Waals surface area contributed by atoms with Gasteiger partial charge in [-0.25, -0.2) is 0 Å². The van der Waals surface area contributed by atoms with Gasteiger partial charge in [-0.05, 0) is 85.0 Å². The Morgan fingerprint density at radius 3 is 2.53 bits per heavy atom. The average molecular weight is 271 g/mol. The van der Waals surface area contributed by atoms with E-state index < -0.39 is 0 Å². The normalized spacial score (nSPS) is 31.3. The van der Waals surface area contributed by atoms with E-state index in [1.54, 1.807) is 5.56 Å². The third-order valence-corrected chi connectivity index (χ3v) is 6.10. The van der Waals surface area contributed by atoms with Gasteiger partial charge in [0.1, 0.15) is 0 Å². The van der Waals surface area contributed by atoms with E-state index in [2.05, 4.69) is 35.0 Å². The molecule has 1 saturated heterocycles. The van der Waals surface area contributed by atoms with Gasteiger partial charge in [-0.3, -0.25) is 0 Å². The molecule has 0 bridgehead atoms. The van der Waals surface area contributed by atoms with Crippen LogP contribution < -0.4 is 5.32 Å². The smallest absolute Gasteiger partial charge is 0.0345 e. The number of rotatable bonds is 1. The van der Waals surface area contributed by atoms with Gasteiger partial charge in [-0.2, -0.15) is 0 Å². The molecular weight excluding hydrogens is 250 g/mol. The van der Waals surface area contributed by atoms with Crippen LogP contribution in [0, 0.1) is 11.8 Å². The van der Waals surface area contributed by atoms with Crippen molar-refractivity contribution in [2.45, 2.75) is 31.6 Å². The molecule has 1 N–H and O–H groups in total. The van der Waals surface area contributed by atoms with Gasteiger partial charge in [-0.15, -0.1) is 11.3 Å². The summed E-state index contributed by atoms with van der Waals surface area (Å²) < 4.78 is 1.46. The summed E-state index contributed by atoms with van der Waals surface area (Å²) in [4.78, 5) is 0. The van der Waals surface area contributed by atoms with Crippen LogP contribution in [0.4, 0.5) is 0 Å². The van der Waals surface area contributed by atoms with E-state index in [9.17, 15) is 0 Å². The van der Waals surface area contributed by atoms with Crippen molar-refractivity contribution in [2.24, 2.45) is 11.8 Å². The first-order chi connectivity index (χ1) is 9.42. The van der Waals surface area contributed by atoms with Gasteiger partial charge in [0.25, 0.3) is 0 Å². The van der Waals surface area contributed by atoms with Gasteiger partial charge in [0.15, 0.2) is 0 Å². The Bertz CT molecular complexity index is 559. The predicted octanol–water partition coefficient (Wildman–Crippen LogP) is 4.39. The summed E-state index contributed by atoms with van der Waals surface area (Å²) >= 11 is 1.88. The van der Waals surface area contributed by atoms with Gasteiger partial charge in [0, 0.05) is 4.70 Å². The van der Waals surface area contributed by atoms with Crippen molar-refractivity contribution in [3.05, 3.63) is 35.2 Å². The fraction of sp³-hybridized carbons (Fsp3) is 0.529. The summed E-state index contributed by atoms with van der Waals surface area (Å²) in [6.07, 6.45) is 5.61. The second kappa shape index (κ2) is 4.92. The maximum Gasteiger partial charge on any atom is 0.0345 e. The zero-order valence-corrected chi connectivity index (χ0v) is 12.1. The molecule has 2 heterocycles. The van der Waals surface area contributed by atoms with Crippen LogP contribution in [0.2, 0.25) is 0 Å². The van der Waals surface area contributed by atoms with Gasteiger partial charge >= 0.3 is 0 Å². The number of nitrogens with one attached hydrogen (secondary N) is 1. The molecule has 1 saturated carbocycles. The minimum Gasteiger partial charge on any atom is -0.316 e. The molecule has 1 aromatic heterocycles. The highest BCUT2D eigenvalue weighted by Gasteiger charge is 2.31. The zero-order chi connectivity index (χ0) is 12.7. The molecule has 1 aliphatic heterocycles. The fourth-order valence-electron chi connectivity index (χ4n) is 4.12. The lowest BCUT2D eigenvalue weighted by Crippen LogP contribution is -2.09. The lowest BCUT2D eigenvalue weighted by Gasteiger charge is -2.16. The summed E-state index contributed by atoms with van der Waals surface area (Å²) in [6.45, 7) is 2.53. The standard InChI is InChI=1S/C17H21NS/c1-2-15(16-8-9-19-17(16)3-1)12-4-6-13-10-18-11-14(13)7-5-12/h1-3,8-9,12-14,18H,4-7,10-11H2. The number of benzene rings is 1. The lowest BCUT2D eigenvalue weighted by molar-refractivity contribution is 0.397. The molecule has 1 nitrogen and oxygen atoms in total. The molecule has 2 heteroatoms. The summed E-state index contributed by atoms with van der Waals surface area (Å²) in [6, 6.07) is 9.21. The summed E-state index contributed by atoms with van der Waals surface area (Å²) in [5.74, 6) is 2.70. The molecule has 19 heavy (non-hydrogen) atoms. The summed E-state index contributed by atoms with van der Waals surface area (Å²) in [5, 5.41) is 7.33. The van der Waals surface area contributed by atoms with Gasteiger partial charge in [0.05, 0.1) is 0 Å². The molecule has 0 amide bonds. The van der Waals surface area contributed by atoms with Crippen LogP contribution in [0.3, 0.4) is 0 Å². The summed E-state index contributed by atoms with van der Waals surface area (Å²) in [7, 11) is 0. The molecule has 2 aliphatic rings. The molecule has 4 rings (SSSR count). The number of fused-ring (bicyclic) bond motifs is 2. The Balaban J connectivity index is 1.63. The molecule has 2 aromatic rings. The minimum absolute atomic E-state index is 0.795. The highest BCUT2D eigenvalue weighted by molar-refractivity contribution is 7.17. The first-order valence-corrected chi connectivity index (χ1v) is 8.46. The Morgan fingerprint density at radius 2 is 1.74 bits per heavy atom. The Hall–Kier alpha value is -0.860. The SMILES string of the molecule is c1cc(C2CCC3CNCC3CC2)c2ccsc2c1. The minimum atomic E-state index is 0.795. The topological polar surface area (TPSA) is 12.0 Å². The maximum atomic E-state index is 3.57. The first-order valence-electron chi connectivity index (χ1n) is 7.58. The summed E-state index contributed by atoms with van der Waals surface area (Å²) in [5.41, 5.74) is 1.62. The van der Waals surface area contributed by atoms with Gasteiger partial charge < -0.3 is 5.32 Å². The van der Waals surface area contributed by atoms with E-state index in [1.165, 1.54) is 48.9 Å². The van der Waals surface area contributed by atoms with Crippen LogP contribution in [-0.4, -0.2) is 13.1 Å². The van der Waals surface area contributed by atoms with E-state index >= 15 is 0 Å². The molecule has 2 atom stereocenters. The third kappa shape index (κ3) is 2.11. The average Bonchev–Trinajstić information content (AvgIpc) is 3.04. The largest absolute Gasteiger partial charge is 0.316 e. The van der Waals surface area contributed by atoms with Crippen molar-refractivity contribution in [1.29, 1.82) is 0 Å². The van der Waals surface area contributed by atoms with E-state index in [0.717, 1.165) is 17.8 Å². The molecule has 2 unspecified atom stereocenters. The van der Waals surface area contributed by atoms with Gasteiger partial charge in [-0.1, -0.05) is 12.1 Å². The van der Waals surface area contributed by atoms with Crippen LogP contribution >= 0.6 is 11.3 Å². The molecule has 1 aromatic carbocycles. The zero-order valence-electron chi connectivity index (χ0n) is 11.3. The van der Waals surface area contributed by atoms with E-state index in [0.29, 0.717) is 0 Å². The Morgan fingerprint density at radius 1 is 0.947 bits per heavy atom. The molecule has 2 fully saturated rings. The lowest BCUT2D eigenvalue weighted by atomic mass is 9.89. The monoisotopic (exact) mass is 271 g/mol. The quantitative estimate of drug-likeness (QED) is 0.811. The molecule has 1 aliphatic carbocycles. The number of hydrogen-bond donors (Lipinski definition) is 1. The van der Waals surface area contributed by atoms with Crippen molar-refractivity contribution < 1.29 is 0 Å². The highest BCUT2D eigenvalue weighted by atomic mass is 32.1. The van der Waals surface area contributed by atoms with Crippen LogP contribution in [0.1, 0.15) is 37.2 Å². The van der Waals surface area contributed by atoms with Crippen molar-refractivity contribution in [2.75, 3.05) is 13.1 Å².